The number of halogens is 2. The van der Waals surface area contributed by atoms with E-state index in [4.69, 9.17) is 11.6 Å². The molecule has 1 rings (SSSR count). The quantitative estimate of drug-likeness (QED) is 0.487. The number of nitrogens with one attached hydrogen (secondary N) is 1. The lowest BCUT2D eigenvalue weighted by molar-refractivity contribution is 0.584. The van der Waals surface area contributed by atoms with Crippen LogP contribution in [0.3, 0.4) is 0 Å². The lowest BCUT2D eigenvalue weighted by Gasteiger charge is -2.06. The second-order valence-corrected chi connectivity index (χ2v) is 5.38. The average Bonchev–Trinajstić information content (AvgIpc) is 2.17. The van der Waals surface area contributed by atoms with Crippen molar-refractivity contribution in [2.45, 2.75) is 12.8 Å². The maximum Gasteiger partial charge on any atom is 0.233 e. The van der Waals surface area contributed by atoms with Crippen LogP contribution in [-0.4, -0.2) is 25.0 Å². The van der Waals surface area contributed by atoms with Crippen molar-refractivity contribution in [2.24, 2.45) is 0 Å². The van der Waals surface area contributed by atoms with Crippen molar-refractivity contribution in [3.05, 3.63) is 24.1 Å². The van der Waals surface area contributed by atoms with Gasteiger partial charge in [-0.05, 0) is 25.0 Å². The SMILES string of the molecule is O=S(=O)(CCCCCl)Nc1cccc(F)n1. The van der Waals surface area contributed by atoms with Gasteiger partial charge in [0, 0.05) is 5.88 Å². The minimum atomic E-state index is -3.46. The summed E-state index contributed by atoms with van der Waals surface area (Å²) in [5, 5.41) is 0. The zero-order valence-corrected chi connectivity index (χ0v) is 10.1. The fourth-order valence-electron chi connectivity index (χ4n) is 1.06. The Morgan fingerprint density at radius 1 is 1.38 bits per heavy atom. The summed E-state index contributed by atoms with van der Waals surface area (Å²) in [6.45, 7) is 0. The van der Waals surface area contributed by atoms with E-state index < -0.39 is 16.0 Å². The molecule has 0 bridgehead atoms. The van der Waals surface area contributed by atoms with Gasteiger partial charge in [0.1, 0.15) is 5.82 Å². The monoisotopic (exact) mass is 266 g/mol. The van der Waals surface area contributed by atoms with E-state index in [2.05, 4.69) is 9.71 Å². The Bertz CT molecular complexity index is 439. The molecule has 0 aliphatic carbocycles. The molecule has 0 aliphatic heterocycles. The summed E-state index contributed by atoms with van der Waals surface area (Å²) in [6, 6.07) is 3.92. The molecule has 0 fully saturated rings. The van der Waals surface area contributed by atoms with Gasteiger partial charge in [-0.3, -0.25) is 4.72 Å². The maximum atomic E-state index is 12.7. The highest BCUT2D eigenvalue weighted by molar-refractivity contribution is 7.92. The normalized spacial score (nSPS) is 11.4. The number of anilines is 1. The third-order valence-electron chi connectivity index (χ3n) is 1.77. The third kappa shape index (κ3) is 4.76. The van der Waals surface area contributed by atoms with Crippen molar-refractivity contribution >= 4 is 27.4 Å². The van der Waals surface area contributed by atoms with Gasteiger partial charge in [-0.2, -0.15) is 4.39 Å². The molecule has 4 nitrogen and oxygen atoms in total. The van der Waals surface area contributed by atoms with E-state index in [0.717, 1.165) is 6.07 Å². The Morgan fingerprint density at radius 2 is 2.12 bits per heavy atom. The van der Waals surface area contributed by atoms with Crippen LogP contribution in [0.25, 0.3) is 0 Å². The maximum absolute atomic E-state index is 12.7. The first kappa shape index (κ1) is 13.2. The standard InChI is InChI=1S/C9H12ClFN2O2S/c10-6-1-2-7-16(14,15)13-9-5-3-4-8(11)12-9/h3-5H,1-2,6-7H2,(H,12,13). The Morgan fingerprint density at radius 3 is 2.75 bits per heavy atom. The van der Waals surface area contributed by atoms with Gasteiger partial charge in [-0.15, -0.1) is 11.6 Å². The number of nitrogens with zero attached hydrogens (tertiary/aromatic N) is 1. The van der Waals surface area contributed by atoms with Gasteiger partial charge in [0.15, 0.2) is 0 Å². The third-order valence-corrected chi connectivity index (χ3v) is 3.39. The first-order valence-corrected chi connectivity index (χ1v) is 6.91. The fourth-order valence-corrected chi connectivity index (χ4v) is 2.37. The average molecular weight is 267 g/mol. The van der Waals surface area contributed by atoms with Crippen LogP contribution in [0.5, 0.6) is 0 Å². The molecule has 0 atom stereocenters. The molecule has 16 heavy (non-hydrogen) atoms. The lowest BCUT2D eigenvalue weighted by atomic mass is 10.4. The van der Waals surface area contributed by atoms with Crippen molar-refractivity contribution < 1.29 is 12.8 Å². The topological polar surface area (TPSA) is 59.1 Å². The van der Waals surface area contributed by atoms with Crippen LogP contribution in [0.15, 0.2) is 18.2 Å². The van der Waals surface area contributed by atoms with Gasteiger partial charge >= 0.3 is 0 Å². The molecule has 1 heterocycles. The Hall–Kier alpha value is -0.880. The summed E-state index contributed by atoms with van der Waals surface area (Å²) in [5.74, 6) is -0.349. The summed E-state index contributed by atoms with van der Waals surface area (Å²) in [5.41, 5.74) is 0. The molecule has 0 spiro atoms. The summed E-state index contributed by atoms with van der Waals surface area (Å²) >= 11 is 5.43. The molecule has 0 amide bonds. The Kier molecular flexibility index (Phi) is 4.95. The number of hydrogen-bond acceptors (Lipinski definition) is 3. The Labute approximate surface area is 98.9 Å². The number of aromatic nitrogens is 1. The molecule has 0 saturated carbocycles. The van der Waals surface area contributed by atoms with E-state index in [-0.39, 0.29) is 11.6 Å². The molecular formula is C9H12ClFN2O2S. The van der Waals surface area contributed by atoms with Crippen LogP contribution in [0.2, 0.25) is 0 Å². The van der Waals surface area contributed by atoms with Crippen LogP contribution in [0.4, 0.5) is 10.2 Å². The van der Waals surface area contributed by atoms with Gasteiger partial charge in [0.05, 0.1) is 5.75 Å². The summed E-state index contributed by atoms with van der Waals surface area (Å²) in [6.07, 6.45) is 1.09. The Balaban J connectivity index is 2.59. The predicted molar refractivity (Wildman–Crippen MR) is 61.6 cm³/mol. The number of unbranched alkanes of at least 4 members (excludes halogenated alkanes) is 1. The number of pyridine rings is 1. The molecule has 90 valence electrons. The summed E-state index contributed by atoms with van der Waals surface area (Å²) < 4.78 is 37.8. The lowest BCUT2D eigenvalue weighted by Crippen LogP contribution is -2.17. The minimum absolute atomic E-state index is 0.00845. The van der Waals surface area contributed by atoms with Crippen molar-refractivity contribution in [1.82, 2.24) is 4.98 Å². The molecular weight excluding hydrogens is 255 g/mol. The minimum Gasteiger partial charge on any atom is -0.267 e. The first-order chi connectivity index (χ1) is 7.53. The molecule has 1 aromatic rings. The number of alkyl halides is 1. The smallest absolute Gasteiger partial charge is 0.233 e. The van der Waals surface area contributed by atoms with Crippen molar-refractivity contribution in [2.75, 3.05) is 16.4 Å². The van der Waals surface area contributed by atoms with E-state index in [1.165, 1.54) is 12.1 Å². The molecule has 0 aliphatic rings. The molecule has 7 heteroatoms. The predicted octanol–water partition coefficient (Wildman–Crippen LogP) is 1.98. The molecule has 0 unspecified atom stereocenters. The van der Waals surface area contributed by atoms with Crippen LogP contribution in [-0.2, 0) is 10.0 Å². The van der Waals surface area contributed by atoms with Crippen LogP contribution < -0.4 is 4.72 Å². The highest BCUT2D eigenvalue weighted by Crippen LogP contribution is 2.07. The van der Waals surface area contributed by atoms with E-state index >= 15 is 0 Å². The van der Waals surface area contributed by atoms with Gasteiger partial charge < -0.3 is 0 Å². The van der Waals surface area contributed by atoms with Crippen molar-refractivity contribution in [1.29, 1.82) is 0 Å². The molecule has 0 aromatic carbocycles. The fraction of sp³-hybridized carbons (Fsp3) is 0.444. The van der Waals surface area contributed by atoms with Crippen molar-refractivity contribution in [3.63, 3.8) is 0 Å². The second kappa shape index (κ2) is 6.00. The van der Waals surface area contributed by atoms with E-state index in [1.54, 1.807) is 0 Å². The summed E-state index contributed by atoms with van der Waals surface area (Å²) in [4.78, 5) is 3.40. The molecule has 0 radical (unpaired) electrons. The molecule has 1 N–H and O–H groups in total. The molecule has 0 saturated heterocycles. The molecule has 1 aromatic heterocycles. The van der Waals surface area contributed by atoms with Crippen molar-refractivity contribution in [3.8, 4) is 0 Å². The summed E-state index contributed by atoms with van der Waals surface area (Å²) in [7, 11) is -3.46. The van der Waals surface area contributed by atoms with E-state index in [0.29, 0.717) is 18.7 Å². The number of sulfonamides is 1. The van der Waals surface area contributed by atoms with Crippen LogP contribution in [0, 0.1) is 5.95 Å². The highest BCUT2D eigenvalue weighted by atomic mass is 35.5. The zero-order valence-electron chi connectivity index (χ0n) is 8.49. The number of rotatable bonds is 6. The van der Waals surface area contributed by atoms with Crippen LogP contribution >= 0.6 is 11.6 Å². The van der Waals surface area contributed by atoms with Gasteiger partial charge in [0.25, 0.3) is 0 Å². The largest absolute Gasteiger partial charge is 0.267 e. The highest BCUT2D eigenvalue weighted by Gasteiger charge is 2.10. The first-order valence-electron chi connectivity index (χ1n) is 4.72. The van der Waals surface area contributed by atoms with Gasteiger partial charge in [-0.1, -0.05) is 6.07 Å². The van der Waals surface area contributed by atoms with Crippen LogP contribution in [0.1, 0.15) is 12.8 Å². The van der Waals surface area contributed by atoms with Gasteiger partial charge in [0.2, 0.25) is 16.0 Å². The second-order valence-electron chi connectivity index (χ2n) is 3.16. The number of hydrogen-bond donors (Lipinski definition) is 1. The van der Waals surface area contributed by atoms with Gasteiger partial charge in [-0.25, -0.2) is 13.4 Å². The zero-order chi connectivity index (χ0) is 12.0. The van der Waals surface area contributed by atoms with E-state index in [9.17, 15) is 12.8 Å². The van der Waals surface area contributed by atoms with E-state index in [1.807, 2.05) is 0 Å².